The van der Waals surface area contributed by atoms with Crippen LogP contribution in [-0.4, -0.2) is 37.4 Å². The standard InChI is InChI=1S/C13H17NO2/c1-9-6-11(12(15)8-14-4-5-14)13(16-3)7-10(9)2/h6-7H,4-5,8H2,1-3H3. The first-order chi connectivity index (χ1) is 7.61. The Hall–Kier alpha value is -1.35. The van der Waals surface area contributed by atoms with Gasteiger partial charge in [-0.25, -0.2) is 0 Å². The molecule has 0 amide bonds. The van der Waals surface area contributed by atoms with Gasteiger partial charge in [0.25, 0.3) is 0 Å². The number of aryl methyl sites for hydroxylation is 2. The molecule has 1 aliphatic heterocycles. The first-order valence-electron chi connectivity index (χ1n) is 5.52. The van der Waals surface area contributed by atoms with Crippen molar-refractivity contribution in [3.8, 4) is 5.75 Å². The highest BCUT2D eigenvalue weighted by Crippen LogP contribution is 2.24. The molecule has 3 heteroatoms. The van der Waals surface area contributed by atoms with Gasteiger partial charge in [0.1, 0.15) is 5.75 Å². The van der Waals surface area contributed by atoms with Crippen LogP contribution in [0.3, 0.4) is 0 Å². The summed E-state index contributed by atoms with van der Waals surface area (Å²) in [7, 11) is 1.61. The number of carbonyl (C=O) groups is 1. The second-order valence-electron chi connectivity index (χ2n) is 4.34. The molecule has 1 aromatic carbocycles. The molecular weight excluding hydrogens is 202 g/mol. The lowest BCUT2D eigenvalue weighted by Gasteiger charge is -2.11. The van der Waals surface area contributed by atoms with Crippen LogP contribution in [0.25, 0.3) is 0 Å². The number of nitrogens with zero attached hydrogens (tertiary/aromatic N) is 1. The fourth-order valence-corrected chi connectivity index (χ4v) is 1.69. The number of methoxy groups -OCH3 is 1. The molecule has 0 atom stereocenters. The molecule has 86 valence electrons. The van der Waals surface area contributed by atoms with E-state index in [9.17, 15) is 4.79 Å². The molecule has 0 unspecified atom stereocenters. The molecule has 0 spiro atoms. The minimum absolute atomic E-state index is 0.150. The summed E-state index contributed by atoms with van der Waals surface area (Å²) in [6, 6.07) is 3.87. The van der Waals surface area contributed by atoms with Gasteiger partial charge in [0.15, 0.2) is 5.78 Å². The van der Waals surface area contributed by atoms with Crippen LogP contribution in [0.2, 0.25) is 0 Å². The fraction of sp³-hybridized carbons (Fsp3) is 0.462. The van der Waals surface area contributed by atoms with E-state index in [0.717, 1.165) is 24.2 Å². The Kier molecular flexibility index (Phi) is 2.97. The highest BCUT2D eigenvalue weighted by Gasteiger charge is 2.23. The summed E-state index contributed by atoms with van der Waals surface area (Å²) in [6.45, 7) is 6.64. The molecule has 1 heterocycles. The van der Waals surface area contributed by atoms with E-state index in [1.54, 1.807) is 7.11 Å². The van der Waals surface area contributed by atoms with Crippen LogP contribution >= 0.6 is 0 Å². The highest BCUT2D eigenvalue weighted by molar-refractivity contribution is 6.00. The number of ketones is 1. The van der Waals surface area contributed by atoms with Crippen molar-refractivity contribution in [2.75, 3.05) is 26.7 Å². The summed E-state index contributed by atoms with van der Waals surface area (Å²) in [4.78, 5) is 14.1. The van der Waals surface area contributed by atoms with Crippen LogP contribution in [-0.2, 0) is 0 Å². The maximum atomic E-state index is 12.0. The molecule has 0 N–H and O–H groups in total. The monoisotopic (exact) mass is 219 g/mol. The zero-order valence-corrected chi connectivity index (χ0v) is 10.0. The molecule has 1 aliphatic rings. The minimum Gasteiger partial charge on any atom is -0.496 e. The normalized spacial score (nSPS) is 14.9. The number of hydrogen-bond donors (Lipinski definition) is 0. The topological polar surface area (TPSA) is 29.3 Å². The summed E-state index contributed by atoms with van der Waals surface area (Å²) < 4.78 is 5.26. The van der Waals surface area contributed by atoms with Crippen molar-refractivity contribution in [1.82, 2.24) is 4.90 Å². The molecule has 0 bridgehead atoms. The SMILES string of the molecule is COc1cc(C)c(C)cc1C(=O)CN1CC1. The number of benzene rings is 1. The van der Waals surface area contributed by atoms with Crippen molar-refractivity contribution in [3.63, 3.8) is 0 Å². The number of hydrogen-bond acceptors (Lipinski definition) is 3. The van der Waals surface area contributed by atoms with Crippen molar-refractivity contribution < 1.29 is 9.53 Å². The Labute approximate surface area is 96.0 Å². The van der Waals surface area contributed by atoms with Crippen molar-refractivity contribution in [2.24, 2.45) is 0 Å². The lowest BCUT2D eigenvalue weighted by molar-refractivity contribution is 0.0971. The number of carbonyl (C=O) groups excluding carboxylic acids is 1. The molecule has 0 saturated carbocycles. The van der Waals surface area contributed by atoms with E-state index < -0.39 is 0 Å². The lowest BCUT2D eigenvalue weighted by Crippen LogP contribution is -2.14. The molecule has 0 aliphatic carbocycles. The third kappa shape index (κ3) is 2.25. The van der Waals surface area contributed by atoms with Gasteiger partial charge in [0.2, 0.25) is 0 Å². The van der Waals surface area contributed by atoms with Crippen LogP contribution in [0.4, 0.5) is 0 Å². The van der Waals surface area contributed by atoms with Crippen LogP contribution in [0.15, 0.2) is 12.1 Å². The summed E-state index contributed by atoms with van der Waals surface area (Å²) in [5.41, 5.74) is 2.99. The summed E-state index contributed by atoms with van der Waals surface area (Å²) in [5, 5.41) is 0. The Bertz CT molecular complexity index is 422. The Morgan fingerprint density at radius 1 is 1.31 bits per heavy atom. The molecule has 2 rings (SSSR count). The quantitative estimate of drug-likeness (QED) is 0.571. The van der Waals surface area contributed by atoms with Crippen molar-refractivity contribution in [1.29, 1.82) is 0 Å². The second kappa shape index (κ2) is 4.26. The van der Waals surface area contributed by atoms with Gasteiger partial charge in [0.05, 0.1) is 19.2 Å². The van der Waals surface area contributed by atoms with Gasteiger partial charge in [-0.3, -0.25) is 9.69 Å². The average molecular weight is 219 g/mol. The second-order valence-corrected chi connectivity index (χ2v) is 4.34. The molecule has 1 aromatic rings. The maximum Gasteiger partial charge on any atom is 0.180 e. The molecule has 1 saturated heterocycles. The molecule has 0 radical (unpaired) electrons. The van der Waals surface area contributed by atoms with E-state index in [1.165, 1.54) is 0 Å². The fourth-order valence-electron chi connectivity index (χ4n) is 1.69. The predicted octanol–water partition coefficient (Wildman–Crippen LogP) is 1.81. The number of ether oxygens (including phenoxy) is 1. The van der Waals surface area contributed by atoms with Crippen molar-refractivity contribution in [3.05, 3.63) is 28.8 Å². The largest absolute Gasteiger partial charge is 0.496 e. The van der Waals surface area contributed by atoms with E-state index in [-0.39, 0.29) is 5.78 Å². The highest BCUT2D eigenvalue weighted by atomic mass is 16.5. The summed E-state index contributed by atoms with van der Waals surface area (Å²) in [5.74, 6) is 0.840. The Morgan fingerprint density at radius 2 is 1.94 bits per heavy atom. The lowest BCUT2D eigenvalue weighted by atomic mass is 10.0. The molecular formula is C13H17NO2. The third-order valence-corrected chi connectivity index (χ3v) is 3.02. The van der Waals surface area contributed by atoms with Gasteiger partial charge in [-0.1, -0.05) is 0 Å². The summed E-state index contributed by atoms with van der Waals surface area (Å²) in [6.07, 6.45) is 0. The number of rotatable bonds is 4. The van der Waals surface area contributed by atoms with Gasteiger partial charge in [-0.15, -0.1) is 0 Å². The summed E-state index contributed by atoms with van der Waals surface area (Å²) >= 11 is 0. The Balaban J connectivity index is 2.29. The zero-order valence-electron chi connectivity index (χ0n) is 10.0. The van der Waals surface area contributed by atoms with Crippen molar-refractivity contribution >= 4 is 5.78 Å². The molecule has 3 nitrogen and oxygen atoms in total. The van der Waals surface area contributed by atoms with Crippen LogP contribution < -0.4 is 4.74 Å². The van der Waals surface area contributed by atoms with Gasteiger partial charge >= 0.3 is 0 Å². The van der Waals surface area contributed by atoms with Gasteiger partial charge < -0.3 is 4.74 Å². The predicted molar refractivity (Wildman–Crippen MR) is 63.2 cm³/mol. The molecule has 16 heavy (non-hydrogen) atoms. The molecule has 1 fully saturated rings. The van der Waals surface area contributed by atoms with E-state index in [4.69, 9.17) is 4.74 Å². The van der Waals surface area contributed by atoms with Crippen molar-refractivity contribution in [2.45, 2.75) is 13.8 Å². The number of Topliss-reactive ketones (excluding diaryl/α,β-unsaturated/α-hetero) is 1. The molecule has 0 aromatic heterocycles. The first-order valence-corrected chi connectivity index (χ1v) is 5.52. The minimum atomic E-state index is 0.150. The first kappa shape index (κ1) is 11.1. The van der Waals surface area contributed by atoms with E-state index in [0.29, 0.717) is 17.9 Å². The third-order valence-electron chi connectivity index (χ3n) is 3.02. The van der Waals surface area contributed by atoms with Gasteiger partial charge in [0, 0.05) is 13.1 Å². The van der Waals surface area contributed by atoms with Crippen LogP contribution in [0.1, 0.15) is 21.5 Å². The van der Waals surface area contributed by atoms with Gasteiger partial charge in [-0.2, -0.15) is 0 Å². The van der Waals surface area contributed by atoms with E-state index in [1.807, 2.05) is 26.0 Å². The van der Waals surface area contributed by atoms with Crippen LogP contribution in [0.5, 0.6) is 5.75 Å². The van der Waals surface area contributed by atoms with Gasteiger partial charge in [-0.05, 0) is 37.1 Å². The van der Waals surface area contributed by atoms with E-state index in [2.05, 4.69) is 4.90 Å². The zero-order chi connectivity index (χ0) is 11.7. The van der Waals surface area contributed by atoms with Crippen LogP contribution in [0, 0.1) is 13.8 Å². The smallest absolute Gasteiger partial charge is 0.180 e. The van der Waals surface area contributed by atoms with E-state index >= 15 is 0 Å². The maximum absolute atomic E-state index is 12.0. The Morgan fingerprint density at radius 3 is 2.50 bits per heavy atom. The average Bonchev–Trinajstić information content (AvgIpc) is 3.05.